The van der Waals surface area contributed by atoms with E-state index in [1.165, 1.54) is 12.1 Å². The second-order valence-corrected chi connectivity index (χ2v) is 7.49. The maximum atomic E-state index is 14.8. The van der Waals surface area contributed by atoms with Crippen molar-refractivity contribution in [1.82, 2.24) is 14.5 Å². The predicted molar refractivity (Wildman–Crippen MR) is 108 cm³/mol. The van der Waals surface area contributed by atoms with Crippen LogP contribution in [0.3, 0.4) is 0 Å². The van der Waals surface area contributed by atoms with Crippen LogP contribution in [0.2, 0.25) is 0 Å². The van der Waals surface area contributed by atoms with Gasteiger partial charge in [0.05, 0.1) is 5.69 Å². The van der Waals surface area contributed by atoms with Gasteiger partial charge in [-0.1, -0.05) is 18.2 Å². The first-order valence-electron chi connectivity index (χ1n) is 9.79. The molecule has 1 aliphatic rings. The van der Waals surface area contributed by atoms with Gasteiger partial charge in [-0.25, -0.2) is 18.2 Å². The number of aromatic nitrogens is 2. The Kier molecular flexibility index (Phi) is 5.78. The molecule has 1 saturated heterocycles. The molecule has 3 aromatic rings. The molecule has 1 unspecified atom stereocenters. The Morgan fingerprint density at radius 1 is 1.00 bits per heavy atom. The van der Waals surface area contributed by atoms with Crippen molar-refractivity contribution in [3.8, 4) is 0 Å². The summed E-state index contributed by atoms with van der Waals surface area (Å²) < 4.78 is 43.1. The lowest BCUT2D eigenvalue weighted by atomic mass is 10.0. The highest BCUT2D eigenvalue weighted by atomic mass is 19.2. The van der Waals surface area contributed by atoms with Crippen LogP contribution in [0, 0.1) is 17.5 Å². The van der Waals surface area contributed by atoms with E-state index in [0.29, 0.717) is 55.4 Å². The Morgan fingerprint density at radius 2 is 1.77 bits per heavy atom. The first-order chi connectivity index (χ1) is 14.4. The summed E-state index contributed by atoms with van der Waals surface area (Å²) in [4.78, 5) is 8.21. The number of piperazine rings is 1. The molecule has 158 valence electrons. The lowest BCUT2D eigenvalue weighted by Gasteiger charge is -2.37. The van der Waals surface area contributed by atoms with E-state index in [9.17, 15) is 18.3 Å². The summed E-state index contributed by atoms with van der Waals surface area (Å²) in [6.45, 7) is 2.84. The molecule has 0 radical (unpaired) electrons. The number of halogens is 3. The molecule has 0 saturated carbocycles. The molecule has 1 aliphatic heterocycles. The third-order valence-electron chi connectivity index (χ3n) is 5.49. The van der Waals surface area contributed by atoms with E-state index in [-0.39, 0.29) is 0 Å². The van der Waals surface area contributed by atoms with Gasteiger partial charge in [-0.05, 0) is 23.8 Å². The van der Waals surface area contributed by atoms with E-state index in [1.54, 1.807) is 42.2 Å². The maximum absolute atomic E-state index is 14.8. The monoisotopic (exact) mass is 416 g/mol. The quantitative estimate of drug-likeness (QED) is 0.694. The lowest BCUT2D eigenvalue weighted by Crippen LogP contribution is -2.46. The molecule has 1 aromatic heterocycles. The first kappa shape index (κ1) is 20.4. The van der Waals surface area contributed by atoms with Crippen molar-refractivity contribution in [1.29, 1.82) is 0 Å². The Bertz CT molecular complexity index is 1030. The van der Waals surface area contributed by atoms with Crippen molar-refractivity contribution in [3.63, 3.8) is 0 Å². The molecule has 1 atom stereocenters. The SMILES string of the molecule is Cn1ccnc1C(O)c1cccc(F)c1N1CCN(Cc2ccc(F)c(F)c2)CC1. The Hall–Kier alpha value is -2.84. The molecular weight excluding hydrogens is 393 g/mol. The van der Waals surface area contributed by atoms with E-state index < -0.39 is 23.6 Å². The zero-order valence-corrected chi connectivity index (χ0v) is 16.6. The van der Waals surface area contributed by atoms with Gasteiger partial charge >= 0.3 is 0 Å². The van der Waals surface area contributed by atoms with Crippen LogP contribution in [-0.2, 0) is 13.6 Å². The zero-order chi connectivity index (χ0) is 21.3. The lowest BCUT2D eigenvalue weighted by molar-refractivity contribution is 0.205. The Morgan fingerprint density at radius 3 is 2.43 bits per heavy atom. The highest BCUT2D eigenvalue weighted by molar-refractivity contribution is 5.57. The molecule has 8 heteroatoms. The van der Waals surface area contributed by atoms with E-state index in [4.69, 9.17) is 0 Å². The fourth-order valence-corrected chi connectivity index (χ4v) is 3.89. The average molecular weight is 416 g/mol. The normalized spacial score (nSPS) is 16.1. The third kappa shape index (κ3) is 4.06. The number of benzene rings is 2. The first-order valence-corrected chi connectivity index (χ1v) is 9.79. The van der Waals surface area contributed by atoms with Crippen molar-refractivity contribution in [3.05, 3.63) is 83.2 Å². The van der Waals surface area contributed by atoms with Crippen LogP contribution >= 0.6 is 0 Å². The number of nitrogens with zero attached hydrogens (tertiary/aromatic N) is 4. The summed E-state index contributed by atoms with van der Waals surface area (Å²) in [7, 11) is 1.78. The average Bonchev–Trinajstić information content (AvgIpc) is 3.17. The van der Waals surface area contributed by atoms with Crippen molar-refractivity contribution in [2.45, 2.75) is 12.6 Å². The molecule has 5 nitrogen and oxygen atoms in total. The largest absolute Gasteiger partial charge is 0.380 e. The molecule has 0 spiro atoms. The van der Waals surface area contributed by atoms with Gasteiger partial charge in [0.1, 0.15) is 17.7 Å². The Balaban J connectivity index is 1.49. The number of para-hydroxylation sites is 1. The molecule has 0 bridgehead atoms. The minimum Gasteiger partial charge on any atom is -0.380 e. The van der Waals surface area contributed by atoms with Gasteiger partial charge in [0.2, 0.25) is 0 Å². The summed E-state index contributed by atoms with van der Waals surface area (Å²) >= 11 is 0. The predicted octanol–water partition coefficient (Wildman–Crippen LogP) is 3.24. The topological polar surface area (TPSA) is 44.5 Å². The number of aliphatic hydroxyl groups is 1. The molecule has 1 N–H and O–H groups in total. The van der Waals surface area contributed by atoms with E-state index >= 15 is 0 Å². The maximum Gasteiger partial charge on any atom is 0.159 e. The van der Waals surface area contributed by atoms with E-state index in [0.717, 1.165) is 6.07 Å². The third-order valence-corrected chi connectivity index (χ3v) is 5.49. The van der Waals surface area contributed by atoms with E-state index in [2.05, 4.69) is 9.88 Å². The fraction of sp³-hybridized carbons (Fsp3) is 0.318. The molecule has 0 amide bonds. The number of hydrogen-bond donors (Lipinski definition) is 1. The summed E-state index contributed by atoms with van der Waals surface area (Å²) in [5, 5.41) is 10.8. The number of imidazole rings is 1. The second kappa shape index (κ2) is 8.49. The van der Waals surface area contributed by atoms with E-state index in [1.807, 2.05) is 4.90 Å². The number of aliphatic hydroxyl groups excluding tert-OH is 1. The molecule has 30 heavy (non-hydrogen) atoms. The summed E-state index contributed by atoms with van der Waals surface area (Å²) in [5.74, 6) is -1.67. The highest BCUT2D eigenvalue weighted by Crippen LogP contribution is 2.33. The minimum atomic E-state index is -1.05. The molecule has 2 aromatic carbocycles. The van der Waals surface area contributed by atoms with Crippen LogP contribution in [0.5, 0.6) is 0 Å². The molecule has 2 heterocycles. The van der Waals surface area contributed by atoms with Crippen LogP contribution in [0.25, 0.3) is 0 Å². The van der Waals surface area contributed by atoms with Crippen LogP contribution in [0.15, 0.2) is 48.8 Å². The molecule has 1 fully saturated rings. The van der Waals surface area contributed by atoms with Crippen molar-refractivity contribution < 1.29 is 18.3 Å². The highest BCUT2D eigenvalue weighted by Gasteiger charge is 2.26. The standard InChI is InChI=1S/C22H23F3N4O/c1-27-8-7-26-22(27)21(30)16-3-2-4-18(24)20(16)29-11-9-28(10-12-29)14-15-5-6-17(23)19(25)13-15/h2-8,13,21,30H,9-12,14H2,1H3. The van der Waals surface area contributed by atoms with Gasteiger partial charge in [0, 0.05) is 57.7 Å². The van der Waals surface area contributed by atoms with Crippen LogP contribution in [-0.4, -0.2) is 45.7 Å². The molecule has 0 aliphatic carbocycles. The number of anilines is 1. The van der Waals surface area contributed by atoms with Gasteiger partial charge < -0.3 is 14.6 Å². The second-order valence-electron chi connectivity index (χ2n) is 7.49. The van der Waals surface area contributed by atoms with Crippen molar-refractivity contribution >= 4 is 5.69 Å². The van der Waals surface area contributed by atoms with Gasteiger partial charge in [0.25, 0.3) is 0 Å². The van der Waals surface area contributed by atoms with Crippen LogP contribution in [0.4, 0.5) is 18.9 Å². The number of rotatable bonds is 5. The van der Waals surface area contributed by atoms with Crippen molar-refractivity contribution in [2.24, 2.45) is 7.05 Å². The van der Waals surface area contributed by atoms with Crippen LogP contribution < -0.4 is 4.90 Å². The van der Waals surface area contributed by atoms with Crippen LogP contribution in [0.1, 0.15) is 23.1 Å². The van der Waals surface area contributed by atoms with Gasteiger partial charge in [-0.2, -0.15) is 0 Å². The van der Waals surface area contributed by atoms with Gasteiger partial charge in [-0.3, -0.25) is 4.90 Å². The zero-order valence-electron chi connectivity index (χ0n) is 16.6. The minimum absolute atomic E-state index is 0.375. The van der Waals surface area contributed by atoms with Crippen molar-refractivity contribution in [2.75, 3.05) is 31.1 Å². The summed E-state index contributed by atoms with van der Waals surface area (Å²) in [6, 6.07) is 8.59. The molecule has 4 rings (SSSR count). The van der Waals surface area contributed by atoms with Gasteiger partial charge in [0.15, 0.2) is 11.6 Å². The fourth-order valence-electron chi connectivity index (χ4n) is 3.89. The number of aryl methyl sites for hydroxylation is 1. The summed E-state index contributed by atoms with van der Waals surface area (Å²) in [5.41, 5.74) is 1.54. The summed E-state index contributed by atoms with van der Waals surface area (Å²) in [6.07, 6.45) is 2.28. The number of hydrogen-bond acceptors (Lipinski definition) is 4. The Labute approximate surface area is 173 Å². The smallest absolute Gasteiger partial charge is 0.159 e. The molecular formula is C22H23F3N4O. The van der Waals surface area contributed by atoms with Gasteiger partial charge in [-0.15, -0.1) is 0 Å².